The fraction of sp³-hybridized carbons (Fsp3) is 0.200. The van der Waals surface area contributed by atoms with Crippen LogP contribution in [0.3, 0.4) is 0 Å². The lowest BCUT2D eigenvalue weighted by Crippen LogP contribution is -2.20. The van der Waals surface area contributed by atoms with Crippen LogP contribution >= 0.6 is 0 Å². The Morgan fingerprint density at radius 1 is 1.00 bits per heavy atom. The highest BCUT2D eigenvalue weighted by Gasteiger charge is 2.18. The van der Waals surface area contributed by atoms with Crippen LogP contribution in [-0.4, -0.2) is 11.7 Å². The van der Waals surface area contributed by atoms with Crippen molar-refractivity contribution >= 4 is 11.4 Å². The highest BCUT2D eigenvalue weighted by Crippen LogP contribution is 2.32. The summed E-state index contributed by atoms with van der Waals surface area (Å²) in [5.74, 6) is -0.895. The summed E-state index contributed by atoms with van der Waals surface area (Å²) in [6, 6.07) is 10.7. The second kappa shape index (κ2) is 5.80. The van der Waals surface area contributed by atoms with Crippen molar-refractivity contribution in [3.8, 4) is 0 Å². The molecular formula is C15H15F2NO. The van der Waals surface area contributed by atoms with E-state index < -0.39 is 11.6 Å². The molecule has 2 rings (SSSR count). The number of hydrogen-bond donors (Lipinski definition) is 1. The molecule has 0 aliphatic rings. The van der Waals surface area contributed by atoms with Gasteiger partial charge in [0.1, 0.15) is 11.6 Å². The van der Waals surface area contributed by atoms with Gasteiger partial charge in [-0.1, -0.05) is 24.3 Å². The molecule has 0 spiro atoms. The maximum absolute atomic E-state index is 14.0. The van der Waals surface area contributed by atoms with E-state index in [9.17, 15) is 13.9 Å². The summed E-state index contributed by atoms with van der Waals surface area (Å²) in [5, 5.41) is 9.32. The molecule has 2 nitrogen and oxygen atoms in total. The van der Waals surface area contributed by atoms with Crippen molar-refractivity contribution in [2.24, 2.45) is 0 Å². The van der Waals surface area contributed by atoms with E-state index in [1.54, 1.807) is 31.2 Å². The van der Waals surface area contributed by atoms with Crippen molar-refractivity contribution in [1.29, 1.82) is 0 Å². The number of para-hydroxylation sites is 2. The van der Waals surface area contributed by atoms with Gasteiger partial charge in [-0.05, 0) is 25.1 Å². The average Bonchev–Trinajstić information content (AvgIpc) is 2.43. The zero-order valence-corrected chi connectivity index (χ0v) is 10.6. The average molecular weight is 263 g/mol. The Labute approximate surface area is 110 Å². The molecule has 2 aromatic carbocycles. The molecule has 0 radical (unpaired) electrons. The van der Waals surface area contributed by atoms with Crippen molar-refractivity contribution in [2.45, 2.75) is 13.5 Å². The molecule has 100 valence electrons. The molecule has 0 atom stereocenters. The first-order valence-electron chi connectivity index (χ1n) is 6.09. The Balaban J connectivity index is 2.58. The first kappa shape index (κ1) is 13.5. The van der Waals surface area contributed by atoms with Gasteiger partial charge in [0.05, 0.1) is 18.0 Å². The van der Waals surface area contributed by atoms with E-state index in [0.717, 1.165) is 0 Å². The number of hydrogen-bond acceptors (Lipinski definition) is 2. The Morgan fingerprint density at radius 3 is 2.32 bits per heavy atom. The first-order valence-corrected chi connectivity index (χ1v) is 6.09. The van der Waals surface area contributed by atoms with Crippen molar-refractivity contribution in [3.63, 3.8) is 0 Å². The number of nitrogens with zero attached hydrogens (tertiary/aromatic N) is 1. The minimum absolute atomic E-state index is 0.220. The van der Waals surface area contributed by atoms with Gasteiger partial charge >= 0.3 is 0 Å². The monoisotopic (exact) mass is 263 g/mol. The summed E-state index contributed by atoms with van der Waals surface area (Å²) in [7, 11) is 0. The number of anilines is 2. The molecule has 0 aromatic heterocycles. The zero-order valence-electron chi connectivity index (χ0n) is 10.6. The van der Waals surface area contributed by atoms with Gasteiger partial charge in [-0.3, -0.25) is 0 Å². The highest BCUT2D eigenvalue weighted by atomic mass is 19.1. The van der Waals surface area contributed by atoms with E-state index in [2.05, 4.69) is 0 Å². The Hall–Kier alpha value is -1.94. The summed E-state index contributed by atoms with van der Waals surface area (Å²) in [6.45, 7) is 1.91. The lowest BCUT2D eigenvalue weighted by Gasteiger charge is -2.26. The zero-order chi connectivity index (χ0) is 13.8. The molecule has 0 aliphatic heterocycles. The van der Waals surface area contributed by atoms with Gasteiger partial charge < -0.3 is 10.0 Å². The molecule has 0 unspecified atom stereocenters. The molecule has 19 heavy (non-hydrogen) atoms. The molecule has 0 aliphatic carbocycles. The molecule has 0 saturated carbocycles. The van der Waals surface area contributed by atoms with Crippen LogP contribution in [0.1, 0.15) is 12.5 Å². The standard InChI is InChI=1S/C15H15F2NO/c1-2-18(14-9-4-3-7-12(14)16)15-11(10-19)6-5-8-13(15)17/h3-9,19H,2,10H2,1H3. The van der Waals surface area contributed by atoms with Crippen molar-refractivity contribution < 1.29 is 13.9 Å². The third-order valence-electron chi connectivity index (χ3n) is 2.97. The van der Waals surface area contributed by atoms with Gasteiger partial charge in [-0.2, -0.15) is 0 Å². The van der Waals surface area contributed by atoms with E-state index >= 15 is 0 Å². The van der Waals surface area contributed by atoms with Crippen LogP contribution in [0.15, 0.2) is 42.5 Å². The summed E-state index contributed by atoms with van der Waals surface area (Å²) in [6.07, 6.45) is 0. The molecule has 4 heteroatoms. The van der Waals surface area contributed by atoms with Crippen LogP contribution in [0.2, 0.25) is 0 Å². The number of halogens is 2. The first-order chi connectivity index (χ1) is 9.19. The second-order valence-electron chi connectivity index (χ2n) is 4.10. The number of benzene rings is 2. The minimum Gasteiger partial charge on any atom is -0.392 e. The molecule has 0 amide bonds. The van der Waals surface area contributed by atoms with Gasteiger partial charge in [0, 0.05) is 12.1 Å². The number of aliphatic hydroxyl groups excluding tert-OH is 1. The molecule has 2 aromatic rings. The predicted octanol–water partition coefficient (Wildman–Crippen LogP) is 3.62. The summed E-state index contributed by atoms with van der Waals surface area (Å²) >= 11 is 0. The Bertz CT molecular complexity index is 572. The van der Waals surface area contributed by atoms with Crippen molar-refractivity contribution in [3.05, 3.63) is 59.7 Å². The third-order valence-corrected chi connectivity index (χ3v) is 2.97. The van der Waals surface area contributed by atoms with Crippen LogP contribution in [0.4, 0.5) is 20.2 Å². The predicted molar refractivity (Wildman–Crippen MR) is 71.4 cm³/mol. The quantitative estimate of drug-likeness (QED) is 0.910. The van der Waals surface area contributed by atoms with Crippen molar-refractivity contribution in [1.82, 2.24) is 0 Å². The van der Waals surface area contributed by atoms with Crippen molar-refractivity contribution in [2.75, 3.05) is 11.4 Å². The lowest BCUT2D eigenvalue weighted by molar-refractivity contribution is 0.281. The molecule has 0 fully saturated rings. The highest BCUT2D eigenvalue weighted by molar-refractivity contribution is 5.67. The SMILES string of the molecule is CCN(c1ccccc1F)c1c(F)cccc1CO. The summed E-state index contributed by atoms with van der Waals surface area (Å²) < 4.78 is 27.9. The Kier molecular flexibility index (Phi) is 4.12. The Morgan fingerprint density at radius 2 is 1.68 bits per heavy atom. The van der Waals surface area contributed by atoms with Crippen LogP contribution in [0.5, 0.6) is 0 Å². The van der Waals surface area contributed by atoms with E-state index in [4.69, 9.17) is 0 Å². The van der Waals surface area contributed by atoms with Gasteiger partial charge in [0.25, 0.3) is 0 Å². The third kappa shape index (κ3) is 2.58. The molecular weight excluding hydrogens is 248 g/mol. The molecule has 1 N–H and O–H groups in total. The maximum Gasteiger partial charge on any atom is 0.147 e. The number of rotatable bonds is 4. The normalized spacial score (nSPS) is 10.5. The van der Waals surface area contributed by atoms with E-state index in [1.807, 2.05) is 0 Å². The fourth-order valence-electron chi connectivity index (χ4n) is 2.11. The van der Waals surface area contributed by atoms with E-state index in [0.29, 0.717) is 17.8 Å². The smallest absolute Gasteiger partial charge is 0.147 e. The van der Waals surface area contributed by atoms with Crippen LogP contribution in [0.25, 0.3) is 0 Å². The lowest BCUT2D eigenvalue weighted by atomic mass is 10.1. The molecule has 0 heterocycles. The van der Waals surface area contributed by atoms with Crippen LogP contribution < -0.4 is 4.90 Å². The van der Waals surface area contributed by atoms with E-state index in [1.165, 1.54) is 23.1 Å². The number of aliphatic hydroxyl groups is 1. The summed E-state index contributed by atoms with van der Waals surface area (Å²) in [5.41, 5.74) is 0.951. The van der Waals surface area contributed by atoms with Gasteiger partial charge in [0.2, 0.25) is 0 Å². The van der Waals surface area contributed by atoms with Crippen LogP contribution in [-0.2, 0) is 6.61 Å². The fourth-order valence-corrected chi connectivity index (χ4v) is 2.11. The van der Waals surface area contributed by atoms with Gasteiger partial charge in [-0.25, -0.2) is 8.78 Å². The largest absolute Gasteiger partial charge is 0.392 e. The van der Waals surface area contributed by atoms with Gasteiger partial charge in [0.15, 0.2) is 0 Å². The molecule has 0 bridgehead atoms. The van der Waals surface area contributed by atoms with E-state index in [-0.39, 0.29) is 12.3 Å². The topological polar surface area (TPSA) is 23.5 Å². The molecule has 0 saturated heterocycles. The maximum atomic E-state index is 14.0. The van der Waals surface area contributed by atoms with Crippen LogP contribution in [0, 0.1) is 11.6 Å². The van der Waals surface area contributed by atoms with Gasteiger partial charge in [-0.15, -0.1) is 0 Å². The minimum atomic E-state index is -0.475. The summed E-state index contributed by atoms with van der Waals surface area (Å²) in [4.78, 5) is 1.52. The second-order valence-corrected chi connectivity index (χ2v) is 4.10.